The van der Waals surface area contributed by atoms with Crippen LogP contribution >= 0.6 is 27.3 Å². The summed E-state index contributed by atoms with van der Waals surface area (Å²) in [6.07, 6.45) is 0.445. The number of thiophene rings is 1. The zero-order valence-corrected chi connectivity index (χ0v) is 10.6. The Bertz CT molecular complexity index is 452. The van der Waals surface area contributed by atoms with Crippen LogP contribution in [-0.4, -0.2) is 29.0 Å². The summed E-state index contributed by atoms with van der Waals surface area (Å²) in [5.41, 5.74) is 0. The van der Waals surface area contributed by atoms with Crippen molar-refractivity contribution < 1.29 is 14.4 Å². The predicted molar refractivity (Wildman–Crippen MR) is 62.3 cm³/mol. The number of amides is 2. The van der Waals surface area contributed by atoms with Gasteiger partial charge in [0.15, 0.2) is 5.78 Å². The summed E-state index contributed by atoms with van der Waals surface area (Å²) in [6, 6.07) is 3.45. The highest BCUT2D eigenvalue weighted by Crippen LogP contribution is 2.23. The maximum atomic E-state index is 11.7. The quantitative estimate of drug-likeness (QED) is 0.632. The predicted octanol–water partition coefficient (Wildman–Crippen LogP) is 1.84. The largest absolute Gasteiger partial charge is 0.291 e. The number of carbonyl (C=O) groups is 3. The number of hydrogen-bond acceptors (Lipinski definition) is 4. The number of hydrogen-bond donors (Lipinski definition) is 0. The Morgan fingerprint density at radius 2 is 1.94 bits per heavy atom. The number of ketones is 1. The van der Waals surface area contributed by atoms with E-state index in [1.165, 1.54) is 11.3 Å². The lowest BCUT2D eigenvalue weighted by atomic mass is 10.3. The Kier molecular flexibility index (Phi) is 3.20. The minimum atomic E-state index is -0.256. The fourth-order valence-corrected chi connectivity index (χ4v) is 2.80. The van der Waals surface area contributed by atoms with Gasteiger partial charge in [-0.15, -0.1) is 11.3 Å². The lowest BCUT2D eigenvalue weighted by Crippen LogP contribution is -2.34. The van der Waals surface area contributed by atoms with Gasteiger partial charge in [-0.2, -0.15) is 0 Å². The number of nitrogens with zero attached hydrogens (tertiary/aromatic N) is 1. The second kappa shape index (κ2) is 4.47. The molecule has 0 aliphatic carbocycles. The molecule has 2 heterocycles. The zero-order valence-electron chi connectivity index (χ0n) is 8.23. The molecule has 84 valence electrons. The summed E-state index contributed by atoms with van der Waals surface area (Å²) >= 11 is 4.56. The molecule has 6 heteroatoms. The highest BCUT2D eigenvalue weighted by Gasteiger charge is 2.30. The molecule has 0 radical (unpaired) electrons. The minimum Gasteiger partial charge on any atom is -0.291 e. The second-order valence-corrected chi connectivity index (χ2v) is 5.86. The number of halogens is 1. The van der Waals surface area contributed by atoms with Gasteiger partial charge in [-0.1, -0.05) is 0 Å². The maximum absolute atomic E-state index is 11.7. The van der Waals surface area contributed by atoms with Gasteiger partial charge in [0.2, 0.25) is 11.8 Å². The van der Waals surface area contributed by atoms with E-state index < -0.39 is 0 Å². The van der Waals surface area contributed by atoms with E-state index >= 15 is 0 Å². The molecule has 0 N–H and O–H groups in total. The van der Waals surface area contributed by atoms with Gasteiger partial charge < -0.3 is 0 Å². The summed E-state index contributed by atoms with van der Waals surface area (Å²) in [6.45, 7) is -0.134. The molecule has 1 aromatic rings. The van der Waals surface area contributed by atoms with E-state index in [0.29, 0.717) is 4.88 Å². The normalized spacial score (nSPS) is 15.9. The fraction of sp³-hybridized carbons (Fsp3) is 0.300. The highest BCUT2D eigenvalue weighted by atomic mass is 79.9. The molecular weight excluding hydrogens is 294 g/mol. The SMILES string of the molecule is O=C(CN1C(=O)CCC1=O)c1ccc(Br)s1. The number of rotatable bonds is 3. The van der Waals surface area contributed by atoms with Crippen molar-refractivity contribution in [2.45, 2.75) is 12.8 Å². The van der Waals surface area contributed by atoms with Crippen LogP contribution in [0.2, 0.25) is 0 Å². The molecule has 16 heavy (non-hydrogen) atoms. The minimum absolute atomic E-state index is 0.134. The Morgan fingerprint density at radius 1 is 1.31 bits per heavy atom. The van der Waals surface area contributed by atoms with Gasteiger partial charge in [-0.05, 0) is 28.1 Å². The zero-order chi connectivity index (χ0) is 11.7. The lowest BCUT2D eigenvalue weighted by molar-refractivity contribution is -0.137. The van der Waals surface area contributed by atoms with Crippen LogP contribution in [0.15, 0.2) is 15.9 Å². The van der Waals surface area contributed by atoms with E-state index in [4.69, 9.17) is 0 Å². The van der Waals surface area contributed by atoms with E-state index in [-0.39, 0.29) is 37.0 Å². The average Bonchev–Trinajstić information content (AvgIpc) is 2.79. The number of Topliss-reactive ketones (excluding diaryl/α,β-unsaturated/α-hetero) is 1. The molecule has 1 aromatic heterocycles. The molecule has 0 atom stereocenters. The smallest absolute Gasteiger partial charge is 0.230 e. The molecule has 2 rings (SSSR count). The van der Waals surface area contributed by atoms with Gasteiger partial charge in [0.05, 0.1) is 15.2 Å². The molecule has 4 nitrogen and oxygen atoms in total. The maximum Gasteiger partial charge on any atom is 0.230 e. The van der Waals surface area contributed by atoms with E-state index in [1.54, 1.807) is 12.1 Å². The van der Waals surface area contributed by atoms with Gasteiger partial charge >= 0.3 is 0 Å². The molecule has 0 saturated carbocycles. The average molecular weight is 302 g/mol. The Morgan fingerprint density at radius 3 is 2.44 bits per heavy atom. The first-order valence-electron chi connectivity index (χ1n) is 4.69. The summed E-state index contributed by atoms with van der Waals surface area (Å²) in [5, 5.41) is 0. The molecule has 0 aromatic carbocycles. The topological polar surface area (TPSA) is 54.5 Å². The summed E-state index contributed by atoms with van der Waals surface area (Å²) in [5.74, 6) is -0.706. The van der Waals surface area contributed by atoms with Crippen molar-refractivity contribution in [1.82, 2.24) is 4.90 Å². The van der Waals surface area contributed by atoms with Crippen LogP contribution in [0.25, 0.3) is 0 Å². The monoisotopic (exact) mass is 301 g/mol. The van der Waals surface area contributed by atoms with Gasteiger partial charge in [-0.3, -0.25) is 19.3 Å². The Labute approximate surface area is 104 Å². The molecule has 2 amide bonds. The van der Waals surface area contributed by atoms with Crippen molar-refractivity contribution in [3.05, 3.63) is 20.8 Å². The van der Waals surface area contributed by atoms with E-state index in [0.717, 1.165) is 8.69 Å². The number of likely N-dealkylation sites (tertiary alicyclic amines) is 1. The van der Waals surface area contributed by atoms with Crippen molar-refractivity contribution in [3.63, 3.8) is 0 Å². The molecule has 0 unspecified atom stereocenters. The molecule has 0 bridgehead atoms. The third-order valence-electron chi connectivity index (χ3n) is 2.30. The Hall–Kier alpha value is -1.01. The molecule has 1 aliphatic rings. The number of carbonyl (C=O) groups excluding carboxylic acids is 3. The van der Waals surface area contributed by atoms with Crippen LogP contribution in [0.4, 0.5) is 0 Å². The van der Waals surface area contributed by atoms with E-state index in [2.05, 4.69) is 15.9 Å². The molecule has 0 spiro atoms. The summed E-state index contributed by atoms with van der Waals surface area (Å²) in [4.78, 5) is 35.9. The first kappa shape index (κ1) is 11.5. The van der Waals surface area contributed by atoms with Crippen molar-refractivity contribution >= 4 is 44.9 Å². The molecule has 1 fully saturated rings. The fourth-order valence-electron chi connectivity index (χ4n) is 1.48. The standard InChI is InChI=1S/C10H8BrNO3S/c11-8-2-1-7(16-8)6(13)5-12-9(14)3-4-10(12)15/h1-2H,3-5H2. The number of imide groups is 1. The third-order valence-corrected chi connectivity index (χ3v) is 3.97. The third kappa shape index (κ3) is 2.22. The molecule has 1 aliphatic heterocycles. The van der Waals surface area contributed by atoms with Crippen LogP contribution < -0.4 is 0 Å². The van der Waals surface area contributed by atoms with Crippen molar-refractivity contribution in [2.75, 3.05) is 6.54 Å². The highest BCUT2D eigenvalue weighted by molar-refractivity contribution is 9.11. The summed E-state index contributed by atoms with van der Waals surface area (Å²) < 4.78 is 0.856. The second-order valence-electron chi connectivity index (χ2n) is 3.40. The van der Waals surface area contributed by atoms with Gasteiger partial charge in [0.25, 0.3) is 0 Å². The van der Waals surface area contributed by atoms with Crippen molar-refractivity contribution in [2.24, 2.45) is 0 Å². The van der Waals surface area contributed by atoms with Gasteiger partial charge in [0, 0.05) is 12.8 Å². The van der Waals surface area contributed by atoms with E-state index in [9.17, 15) is 14.4 Å². The first-order valence-corrected chi connectivity index (χ1v) is 6.30. The van der Waals surface area contributed by atoms with Crippen LogP contribution in [-0.2, 0) is 9.59 Å². The van der Waals surface area contributed by atoms with Gasteiger partial charge in [0.1, 0.15) is 0 Å². The van der Waals surface area contributed by atoms with Gasteiger partial charge in [-0.25, -0.2) is 0 Å². The molecule has 1 saturated heterocycles. The van der Waals surface area contributed by atoms with E-state index in [1.807, 2.05) is 0 Å². The van der Waals surface area contributed by atoms with Crippen LogP contribution in [0.1, 0.15) is 22.5 Å². The lowest BCUT2D eigenvalue weighted by Gasteiger charge is -2.11. The van der Waals surface area contributed by atoms with Crippen molar-refractivity contribution in [3.8, 4) is 0 Å². The summed E-state index contributed by atoms with van der Waals surface area (Å²) in [7, 11) is 0. The Balaban J connectivity index is 2.08. The first-order chi connectivity index (χ1) is 7.58. The van der Waals surface area contributed by atoms with Crippen LogP contribution in [0, 0.1) is 0 Å². The molecular formula is C10H8BrNO3S. The van der Waals surface area contributed by atoms with Crippen molar-refractivity contribution in [1.29, 1.82) is 0 Å². The van der Waals surface area contributed by atoms with Crippen LogP contribution in [0.3, 0.4) is 0 Å². The van der Waals surface area contributed by atoms with Crippen LogP contribution in [0.5, 0.6) is 0 Å².